The van der Waals surface area contributed by atoms with Gasteiger partial charge in [-0.05, 0) is 18.2 Å². The SMILES string of the molecule is N#Cc1ccc(NC(=O)CCN2CCN(c3nccs3)CC2)cc1Cl. The smallest absolute Gasteiger partial charge is 0.225 e. The molecule has 1 aromatic heterocycles. The van der Waals surface area contributed by atoms with Crippen molar-refractivity contribution in [3.8, 4) is 6.07 Å². The van der Waals surface area contributed by atoms with Gasteiger partial charge in [0, 0.05) is 56.4 Å². The number of amides is 1. The van der Waals surface area contributed by atoms with E-state index < -0.39 is 0 Å². The van der Waals surface area contributed by atoms with Crippen LogP contribution in [0.3, 0.4) is 0 Å². The summed E-state index contributed by atoms with van der Waals surface area (Å²) in [5.41, 5.74) is 1.01. The predicted molar refractivity (Wildman–Crippen MR) is 100 cm³/mol. The Morgan fingerprint density at radius 3 is 2.80 bits per heavy atom. The van der Waals surface area contributed by atoms with E-state index in [0.29, 0.717) is 22.7 Å². The number of piperazine rings is 1. The van der Waals surface area contributed by atoms with Crippen molar-refractivity contribution in [1.29, 1.82) is 5.26 Å². The molecule has 25 heavy (non-hydrogen) atoms. The van der Waals surface area contributed by atoms with Crippen LogP contribution in [-0.4, -0.2) is 48.5 Å². The highest BCUT2D eigenvalue weighted by Gasteiger charge is 2.19. The minimum Gasteiger partial charge on any atom is -0.346 e. The van der Waals surface area contributed by atoms with E-state index in [9.17, 15) is 4.79 Å². The van der Waals surface area contributed by atoms with Gasteiger partial charge in [0.2, 0.25) is 5.91 Å². The molecule has 0 radical (unpaired) electrons. The second kappa shape index (κ2) is 8.30. The van der Waals surface area contributed by atoms with Crippen LogP contribution in [0.2, 0.25) is 5.02 Å². The quantitative estimate of drug-likeness (QED) is 0.869. The molecule has 1 aliphatic rings. The Labute approximate surface area is 155 Å². The molecule has 130 valence electrons. The third kappa shape index (κ3) is 4.69. The first-order valence-corrected chi connectivity index (χ1v) is 9.28. The van der Waals surface area contributed by atoms with Crippen molar-refractivity contribution in [2.75, 3.05) is 42.9 Å². The van der Waals surface area contributed by atoms with Crippen LogP contribution in [-0.2, 0) is 4.79 Å². The number of aromatic nitrogens is 1. The summed E-state index contributed by atoms with van der Waals surface area (Å²) in [6.07, 6.45) is 2.25. The Morgan fingerprint density at radius 2 is 2.16 bits per heavy atom. The van der Waals surface area contributed by atoms with E-state index in [0.717, 1.165) is 37.9 Å². The molecule has 0 aliphatic carbocycles. The molecule has 8 heteroatoms. The highest BCUT2D eigenvalue weighted by Crippen LogP contribution is 2.21. The Morgan fingerprint density at radius 1 is 1.36 bits per heavy atom. The average molecular weight is 376 g/mol. The number of rotatable bonds is 5. The van der Waals surface area contributed by atoms with Gasteiger partial charge in [-0.1, -0.05) is 11.6 Å². The lowest BCUT2D eigenvalue weighted by Gasteiger charge is -2.34. The number of carbonyl (C=O) groups excluding carboxylic acids is 1. The lowest BCUT2D eigenvalue weighted by Crippen LogP contribution is -2.47. The van der Waals surface area contributed by atoms with Crippen LogP contribution in [0.15, 0.2) is 29.8 Å². The number of nitriles is 1. The second-order valence-electron chi connectivity index (χ2n) is 5.75. The lowest BCUT2D eigenvalue weighted by molar-refractivity contribution is -0.116. The summed E-state index contributed by atoms with van der Waals surface area (Å²) in [5, 5.41) is 15.1. The molecule has 0 spiro atoms. The molecular weight excluding hydrogens is 358 g/mol. The number of thiazole rings is 1. The van der Waals surface area contributed by atoms with Gasteiger partial charge >= 0.3 is 0 Å². The summed E-state index contributed by atoms with van der Waals surface area (Å²) in [6.45, 7) is 4.44. The first-order valence-electron chi connectivity index (χ1n) is 8.02. The topological polar surface area (TPSA) is 72.3 Å². The summed E-state index contributed by atoms with van der Waals surface area (Å²) >= 11 is 7.63. The van der Waals surface area contributed by atoms with E-state index in [1.165, 1.54) is 0 Å². The van der Waals surface area contributed by atoms with E-state index in [2.05, 4.69) is 20.1 Å². The van der Waals surface area contributed by atoms with Gasteiger partial charge < -0.3 is 10.2 Å². The zero-order valence-electron chi connectivity index (χ0n) is 13.6. The van der Waals surface area contributed by atoms with Gasteiger partial charge in [0.25, 0.3) is 0 Å². The highest BCUT2D eigenvalue weighted by atomic mass is 35.5. The largest absolute Gasteiger partial charge is 0.346 e. The number of nitrogens with zero attached hydrogens (tertiary/aromatic N) is 4. The zero-order valence-corrected chi connectivity index (χ0v) is 15.2. The maximum absolute atomic E-state index is 12.1. The van der Waals surface area contributed by atoms with Crippen molar-refractivity contribution in [2.24, 2.45) is 0 Å². The number of hydrogen-bond donors (Lipinski definition) is 1. The maximum atomic E-state index is 12.1. The molecule has 3 rings (SSSR count). The molecule has 1 fully saturated rings. The van der Waals surface area contributed by atoms with Crippen molar-refractivity contribution >= 4 is 39.7 Å². The number of nitrogens with one attached hydrogen (secondary N) is 1. The molecule has 0 saturated carbocycles. The lowest BCUT2D eigenvalue weighted by atomic mass is 10.2. The number of anilines is 2. The number of carbonyl (C=O) groups is 1. The molecule has 1 aromatic carbocycles. The van der Waals surface area contributed by atoms with Crippen LogP contribution in [0.5, 0.6) is 0 Å². The molecule has 2 heterocycles. The number of hydrogen-bond acceptors (Lipinski definition) is 6. The molecule has 2 aromatic rings. The Balaban J connectivity index is 1.42. The van der Waals surface area contributed by atoms with E-state index >= 15 is 0 Å². The molecule has 0 atom stereocenters. The summed E-state index contributed by atoms with van der Waals surface area (Å²) in [4.78, 5) is 21.0. The minimum absolute atomic E-state index is 0.0527. The van der Waals surface area contributed by atoms with Crippen LogP contribution < -0.4 is 10.2 Å². The molecule has 1 N–H and O–H groups in total. The van der Waals surface area contributed by atoms with Gasteiger partial charge in [0.1, 0.15) is 6.07 Å². The summed E-state index contributed by atoms with van der Waals surface area (Å²) < 4.78 is 0. The van der Waals surface area contributed by atoms with Gasteiger partial charge in [-0.2, -0.15) is 5.26 Å². The maximum Gasteiger partial charge on any atom is 0.225 e. The summed E-state index contributed by atoms with van der Waals surface area (Å²) in [6, 6.07) is 6.90. The first-order chi connectivity index (χ1) is 12.2. The molecule has 6 nitrogen and oxygen atoms in total. The van der Waals surface area contributed by atoms with Crippen molar-refractivity contribution in [2.45, 2.75) is 6.42 Å². The van der Waals surface area contributed by atoms with Gasteiger partial charge in [-0.25, -0.2) is 4.98 Å². The van der Waals surface area contributed by atoms with Gasteiger partial charge in [-0.15, -0.1) is 11.3 Å². The number of halogens is 1. The fraction of sp³-hybridized carbons (Fsp3) is 0.353. The van der Waals surface area contributed by atoms with Crippen molar-refractivity contribution in [3.63, 3.8) is 0 Å². The highest BCUT2D eigenvalue weighted by molar-refractivity contribution is 7.13. The molecular formula is C17H18ClN5OS. The van der Waals surface area contributed by atoms with Crippen LogP contribution in [0.4, 0.5) is 10.8 Å². The van der Waals surface area contributed by atoms with Crippen molar-refractivity contribution in [3.05, 3.63) is 40.4 Å². The van der Waals surface area contributed by atoms with E-state index in [4.69, 9.17) is 16.9 Å². The van der Waals surface area contributed by atoms with Crippen molar-refractivity contribution < 1.29 is 4.79 Å². The molecule has 1 aliphatic heterocycles. The second-order valence-corrected chi connectivity index (χ2v) is 7.03. The molecule has 1 saturated heterocycles. The standard InChI is InChI=1S/C17H18ClN5OS/c18-15-11-14(2-1-13(15)12-19)21-16(24)3-5-22-6-8-23(9-7-22)17-20-4-10-25-17/h1-2,4,10-11H,3,5-9H2,(H,21,24). The molecule has 1 amide bonds. The minimum atomic E-state index is -0.0527. The normalized spacial score (nSPS) is 15.0. The summed E-state index contributed by atoms with van der Waals surface area (Å²) in [5.74, 6) is -0.0527. The van der Waals surface area contributed by atoms with Gasteiger partial charge in [0.15, 0.2) is 5.13 Å². The fourth-order valence-electron chi connectivity index (χ4n) is 2.70. The van der Waals surface area contributed by atoms with Crippen LogP contribution in [0, 0.1) is 11.3 Å². The molecule has 0 bridgehead atoms. The van der Waals surface area contributed by atoms with Crippen LogP contribution >= 0.6 is 22.9 Å². The van der Waals surface area contributed by atoms with Crippen molar-refractivity contribution in [1.82, 2.24) is 9.88 Å². The average Bonchev–Trinajstić information content (AvgIpc) is 3.15. The van der Waals surface area contributed by atoms with E-state index in [-0.39, 0.29) is 5.91 Å². The van der Waals surface area contributed by atoms with E-state index in [1.807, 2.05) is 17.6 Å². The molecule has 0 unspecified atom stereocenters. The van der Waals surface area contributed by atoms with Crippen LogP contribution in [0.25, 0.3) is 0 Å². The number of benzene rings is 1. The van der Waals surface area contributed by atoms with Crippen LogP contribution in [0.1, 0.15) is 12.0 Å². The Kier molecular flexibility index (Phi) is 5.87. The Hall–Kier alpha value is -2.14. The third-order valence-electron chi connectivity index (χ3n) is 4.09. The zero-order chi connectivity index (χ0) is 17.6. The Bertz CT molecular complexity index is 766. The van der Waals surface area contributed by atoms with E-state index in [1.54, 1.807) is 29.5 Å². The monoisotopic (exact) mass is 375 g/mol. The predicted octanol–water partition coefficient (Wildman–Crippen LogP) is 2.82. The summed E-state index contributed by atoms with van der Waals surface area (Å²) in [7, 11) is 0. The fourth-order valence-corrected chi connectivity index (χ4v) is 3.62. The first kappa shape index (κ1) is 17.7. The van der Waals surface area contributed by atoms with Gasteiger partial charge in [0.05, 0.1) is 10.6 Å². The van der Waals surface area contributed by atoms with Gasteiger partial charge in [-0.3, -0.25) is 9.69 Å². The third-order valence-corrected chi connectivity index (χ3v) is 5.24.